The summed E-state index contributed by atoms with van der Waals surface area (Å²) in [7, 11) is -1.67. The number of carbonyl (C=O) groups is 1. The normalized spacial score (nSPS) is 21.9. The van der Waals surface area contributed by atoms with Crippen LogP contribution in [0.25, 0.3) is 0 Å². The Morgan fingerprint density at radius 2 is 1.75 bits per heavy atom. The van der Waals surface area contributed by atoms with E-state index in [2.05, 4.69) is 31.0 Å². The van der Waals surface area contributed by atoms with Gasteiger partial charge in [0.15, 0.2) is 14.6 Å². The lowest BCUT2D eigenvalue weighted by Crippen LogP contribution is -2.37. The van der Waals surface area contributed by atoms with Crippen molar-refractivity contribution in [1.29, 1.82) is 0 Å². The molecule has 1 N–H and O–H groups in total. The van der Waals surface area contributed by atoms with Crippen LogP contribution in [-0.2, 0) is 20.0 Å². The third-order valence-corrected chi connectivity index (χ3v) is 9.16. The number of benzene rings is 2. The molecule has 1 heterocycles. The van der Waals surface area contributed by atoms with Crippen LogP contribution >= 0.6 is 0 Å². The van der Waals surface area contributed by atoms with Gasteiger partial charge >= 0.3 is 0 Å². The van der Waals surface area contributed by atoms with Gasteiger partial charge in [0.2, 0.25) is 5.91 Å². The number of nitrogens with one attached hydrogen (secondary N) is 1. The first-order chi connectivity index (χ1) is 13.1. The Labute approximate surface area is 166 Å². The molecule has 5 nitrogen and oxygen atoms in total. The van der Waals surface area contributed by atoms with Crippen LogP contribution in [0.5, 0.6) is 0 Å². The van der Waals surface area contributed by atoms with Gasteiger partial charge in [-0.05, 0) is 49.6 Å². The quantitative estimate of drug-likeness (QED) is 0.852. The molecule has 28 heavy (non-hydrogen) atoms. The van der Waals surface area contributed by atoms with Crippen molar-refractivity contribution in [3.63, 3.8) is 0 Å². The van der Waals surface area contributed by atoms with Crippen LogP contribution < -0.4 is 10.2 Å². The number of sulfone groups is 1. The van der Waals surface area contributed by atoms with Gasteiger partial charge in [0.1, 0.15) is 0 Å². The first-order valence-corrected chi connectivity index (χ1v) is 11.1. The number of nitrogens with zero attached hydrogens (tertiary/aromatic N) is 1. The van der Waals surface area contributed by atoms with E-state index in [1.165, 1.54) is 5.56 Å². The van der Waals surface area contributed by atoms with Crippen LogP contribution in [0.15, 0.2) is 53.4 Å². The minimum absolute atomic E-state index is 0.0149. The average molecular weight is 399 g/mol. The summed E-state index contributed by atoms with van der Waals surface area (Å²) in [6.07, 6.45) is 0.704. The minimum atomic E-state index is -3.72. The predicted octanol–water partition coefficient (Wildman–Crippen LogP) is 3.75. The smallest absolute Gasteiger partial charge is 0.246 e. The Hall–Kier alpha value is -2.34. The lowest BCUT2D eigenvalue weighted by Gasteiger charge is -2.28. The van der Waals surface area contributed by atoms with E-state index in [-0.39, 0.29) is 10.3 Å². The third-order valence-electron chi connectivity index (χ3n) is 6.64. The van der Waals surface area contributed by atoms with E-state index in [4.69, 9.17) is 0 Å². The highest BCUT2D eigenvalue weighted by molar-refractivity contribution is 7.94. The fraction of sp³-hybridized carbons (Fsp3) is 0.409. The maximum atomic E-state index is 13.0. The summed E-state index contributed by atoms with van der Waals surface area (Å²) in [5.41, 5.74) is 2.96. The Kier molecular flexibility index (Phi) is 4.12. The van der Waals surface area contributed by atoms with E-state index in [9.17, 15) is 13.2 Å². The molecule has 0 radical (unpaired) electrons. The van der Waals surface area contributed by atoms with E-state index >= 15 is 0 Å². The first kappa shape index (κ1) is 19.0. The second kappa shape index (κ2) is 6.08. The molecule has 1 aliphatic carbocycles. The van der Waals surface area contributed by atoms with Crippen LogP contribution in [0.1, 0.15) is 39.2 Å². The van der Waals surface area contributed by atoms with Crippen LogP contribution in [0.2, 0.25) is 0 Å². The first-order valence-electron chi connectivity index (χ1n) is 9.60. The molecule has 1 aliphatic heterocycles. The molecule has 0 aromatic heterocycles. The van der Waals surface area contributed by atoms with Crippen molar-refractivity contribution in [3.8, 4) is 0 Å². The van der Waals surface area contributed by atoms with Gasteiger partial charge in [0, 0.05) is 29.9 Å². The minimum Gasteiger partial charge on any atom is -0.371 e. The molecule has 1 atom stereocenters. The second-order valence-corrected chi connectivity index (χ2v) is 10.8. The van der Waals surface area contributed by atoms with E-state index < -0.39 is 20.5 Å². The molecule has 6 heteroatoms. The van der Waals surface area contributed by atoms with Crippen LogP contribution in [0.3, 0.4) is 0 Å². The van der Waals surface area contributed by atoms with E-state index in [0.717, 1.165) is 5.69 Å². The fourth-order valence-corrected chi connectivity index (χ4v) is 6.07. The van der Waals surface area contributed by atoms with Gasteiger partial charge in [-0.3, -0.25) is 4.79 Å². The summed E-state index contributed by atoms with van der Waals surface area (Å²) in [5, 5.41) is 2.87. The Morgan fingerprint density at radius 1 is 1.11 bits per heavy atom. The fourth-order valence-electron chi connectivity index (χ4n) is 4.17. The topological polar surface area (TPSA) is 66.5 Å². The molecule has 1 fully saturated rings. The third kappa shape index (κ3) is 2.58. The zero-order chi connectivity index (χ0) is 20.3. The average Bonchev–Trinajstić information content (AvgIpc) is 3.47. The molecular formula is C22H26N2O3S. The number of amides is 1. The highest BCUT2D eigenvalue weighted by Crippen LogP contribution is 2.48. The van der Waals surface area contributed by atoms with Crippen molar-refractivity contribution < 1.29 is 13.2 Å². The number of likely N-dealkylation sites (N-methyl/N-ethyl adjacent to an activating group) is 1. The standard InChI is InChI=1S/C22H26N2O3S/c1-15-21(2,3)18-11-10-16(14-19(18)24(15)4)23-20(25)22(12-13-22)28(26,27)17-8-6-5-7-9-17/h5-11,14-15H,12-13H2,1-4H3,(H,23,25). The molecule has 2 aliphatic rings. The SMILES string of the molecule is CC1N(C)c2cc(NC(=O)C3(S(=O)(=O)c4ccccc4)CC3)ccc2C1(C)C. The van der Waals surface area contributed by atoms with E-state index in [0.29, 0.717) is 24.6 Å². The zero-order valence-corrected chi connectivity index (χ0v) is 17.5. The van der Waals surface area contributed by atoms with Crippen LogP contribution in [0, 0.1) is 0 Å². The molecular weight excluding hydrogens is 372 g/mol. The molecule has 0 saturated heterocycles. The zero-order valence-electron chi connectivity index (χ0n) is 16.7. The van der Waals surface area contributed by atoms with Crippen LogP contribution in [-0.4, -0.2) is 32.2 Å². The molecule has 2 aromatic carbocycles. The Morgan fingerprint density at radius 3 is 2.36 bits per heavy atom. The lowest BCUT2D eigenvalue weighted by atomic mass is 9.81. The molecule has 4 rings (SSSR count). The number of fused-ring (bicyclic) bond motifs is 1. The van der Waals surface area contributed by atoms with Crippen molar-refractivity contribution in [1.82, 2.24) is 0 Å². The lowest BCUT2D eigenvalue weighted by molar-refractivity contribution is -0.116. The highest BCUT2D eigenvalue weighted by atomic mass is 32.2. The maximum Gasteiger partial charge on any atom is 0.246 e. The van der Waals surface area contributed by atoms with Gasteiger partial charge in [0.25, 0.3) is 0 Å². The molecule has 148 valence electrons. The largest absolute Gasteiger partial charge is 0.371 e. The Balaban J connectivity index is 1.62. The molecule has 1 amide bonds. The van der Waals surface area contributed by atoms with Crippen molar-refractivity contribution in [2.45, 2.75) is 54.7 Å². The van der Waals surface area contributed by atoms with Crippen LogP contribution in [0.4, 0.5) is 11.4 Å². The Bertz CT molecular complexity index is 1040. The number of hydrogen-bond acceptors (Lipinski definition) is 4. The summed E-state index contributed by atoms with van der Waals surface area (Å²) in [5.74, 6) is -0.440. The van der Waals surface area contributed by atoms with Gasteiger partial charge in [0.05, 0.1) is 4.90 Å². The summed E-state index contributed by atoms with van der Waals surface area (Å²) >= 11 is 0. The van der Waals surface area contributed by atoms with Crippen molar-refractivity contribution >= 4 is 27.1 Å². The second-order valence-electron chi connectivity index (χ2n) is 8.51. The number of anilines is 2. The van der Waals surface area contributed by atoms with E-state index in [1.54, 1.807) is 30.3 Å². The number of carbonyl (C=O) groups excluding carboxylic acids is 1. The van der Waals surface area contributed by atoms with Gasteiger partial charge < -0.3 is 10.2 Å². The maximum absolute atomic E-state index is 13.0. The van der Waals surface area contributed by atoms with Gasteiger partial charge in [-0.15, -0.1) is 0 Å². The summed E-state index contributed by atoms with van der Waals surface area (Å²) < 4.78 is 24.7. The van der Waals surface area contributed by atoms with E-state index in [1.807, 2.05) is 25.2 Å². The number of hydrogen-bond donors (Lipinski definition) is 1. The molecule has 1 saturated carbocycles. The van der Waals surface area contributed by atoms with Crippen molar-refractivity contribution in [3.05, 3.63) is 54.1 Å². The van der Waals surface area contributed by atoms with Crippen molar-refractivity contribution in [2.24, 2.45) is 0 Å². The predicted molar refractivity (Wildman–Crippen MR) is 112 cm³/mol. The van der Waals surface area contributed by atoms with Gasteiger partial charge in [-0.2, -0.15) is 0 Å². The molecule has 0 bridgehead atoms. The summed E-state index contributed by atoms with van der Waals surface area (Å²) in [6.45, 7) is 6.61. The van der Waals surface area contributed by atoms with Crippen molar-refractivity contribution in [2.75, 3.05) is 17.3 Å². The van der Waals surface area contributed by atoms with Gasteiger partial charge in [-0.1, -0.05) is 38.1 Å². The van der Waals surface area contributed by atoms with Gasteiger partial charge in [-0.25, -0.2) is 8.42 Å². The molecule has 1 unspecified atom stereocenters. The number of rotatable bonds is 4. The summed E-state index contributed by atoms with van der Waals surface area (Å²) in [4.78, 5) is 15.4. The molecule has 2 aromatic rings. The highest BCUT2D eigenvalue weighted by Gasteiger charge is 2.61. The molecule has 0 spiro atoms. The summed E-state index contributed by atoms with van der Waals surface area (Å²) in [6, 6.07) is 14.4. The monoisotopic (exact) mass is 398 g/mol.